The van der Waals surface area contributed by atoms with Gasteiger partial charge >= 0.3 is 0 Å². The van der Waals surface area contributed by atoms with Crippen molar-refractivity contribution in [3.8, 4) is 5.75 Å². The molecular weight excluding hydrogens is 297 g/mol. The zero-order valence-corrected chi connectivity index (χ0v) is 12.4. The summed E-state index contributed by atoms with van der Waals surface area (Å²) >= 11 is 11.0. The molecule has 5 heteroatoms. The summed E-state index contributed by atoms with van der Waals surface area (Å²) in [5, 5.41) is 0.536. The van der Waals surface area contributed by atoms with Crippen LogP contribution in [0, 0.1) is 12.7 Å². The molecule has 0 spiro atoms. The van der Waals surface area contributed by atoms with Crippen LogP contribution in [0.15, 0.2) is 36.4 Å². The Morgan fingerprint density at radius 1 is 1.30 bits per heavy atom. The number of hydrogen-bond acceptors (Lipinski definition) is 2. The Morgan fingerprint density at radius 2 is 2.05 bits per heavy atom. The third kappa shape index (κ3) is 3.46. The average Bonchev–Trinajstić information content (AvgIpc) is 2.41. The molecule has 20 heavy (non-hydrogen) atoms. The van der Waals surface area contributed by atoms with E-state index in [1.165, 1.54) is 6.07 Å². The maximum atomic E-state index is 13.1. The molecule has 0 aliphatic rings. The maximum Gasteiger partial charge on any atom is 0.126 e. The Hall–Kier alpha value is -1.65. The van der Waals surface area contributed by atoms with Crippen LogP contribution in [0.5, 0.6) is 5.75 Å². The summed E-state index contributed by atoms with van der Waals surface area (Å²) in [6.45, 7) is 1.98. The Labute approximate surface area is 127 Å². The Bertz CT molecular complexity index is 660. The molecule has 0 heterocycles. The molecule has 0 fully saturated rings. The van der Waals surface area contributed by atoms with E-state index in [2.05, 4.69) is 0 Å². The third-order valence-corrected chi connectivity index (χ3v) is 3.45. The largest absolute Gasteiger partial charge is 0.489 e. The lowest BCUT2D eigenvalue weighted by Gasteiger charge is -2.10. The van der Waals surface area contributed by atoms with Crippen LogP contribution >= 0.6 is 23.8 Å². The van der Waals surface area contributed by atoms with E-state index < -0.39 is 0 Å². The minimum absolute atomic E-state index is 0.254. The molecule has 2 aromatic rings. The van der Waals surface area contributed by atoms with Crippen LogP contribution in [0.1, 0.15) is 16.7 Å². The SMILES string of the molecule is Cc1cc(OCc2ccc(C(N)=S)cc2Cl)ccc1F. The summed E-state index contributed by atoms with van der Waals surface area (Å²) < 4.78 is 18.7. The number of aryl methyl sites for hydroxylation is 1. The van der Waals surface area contributed by atoms with Crippen LogP contribution < -0.4 is 10.5 Å². The van der Waals surface area contributed by atoms with Crippen molar-refractivity contribution in [3.63, 3.8) is 0 Å². The van der Waals surface area contributed by atoms with Gasteiger partial charge in [-0.1, -0.05) is 36.0 Å². The Kier molecular flexibility index (Phi) is 4.57. The van der Waals surface area contributed by atoms with Gasteiger partial charge in [-0.25, -0.2) is 4.39 Å². The highest BCUT2D eigenvalue weighted by Crippen LogP contribution is 2.22. The van der Waals surface area contributed by atoms with E-state index >= 15 is 0 Å². The number of benzene rings is 2. The van der Waals surface area contributed by atoms with Gasteiger partial charge in [0, 0.05) is 16.1 Å². The van der Waals surface area contributed by atoms with Gasteiger partial charge in [0.15, 0.2) is 0 Å². The molecule has 2 N–H and O–H groups in total. The predicted octanol–water partition coefficient (Wildman–Crippen LogP) is 4.00. The second kappa shape index (κ2) is 6.20. The van der Waals surface area contributed by atoms with Gasteiger partial charge in [0.2, 0.25) is 0 Å². The summed E-state index contributed by atoms with van der Waals surface area (Å²) in [5.41, 5.74) is 7.60. The third-order valence-electron chi connectivity index (χ3n) is 2.86. The lowest BCUT2D eigenvalue weighted by Crippen LogP contribution is -2.09. The molecule has 2 aromatic carbocycles. The first kappa shape index (κ1) is 14.8. The van der Waals surface area contributed by atoms with Crippen LogP contribution in [-0.2, 0) is 6.61 Å². The van der Waals surface area contributed by atoms with Crippen molar-refractivity contribution in [2.24, 2.45) is 5.73 Å². The van der Waals surface area contributed by atoms with E-state index in [9.17, 15) is 4.39 Å². The number of thiocarbonyl (C=S) groups is 1. The predicted molar refractivity (Wildman–Crippen MR) is 82.8 cm³/mol. The summed E-state index contributed by atoms with van der Waals surface area (Å²) in [5.74, 6) is 0.342. The lowest BCUT2D eigenvalue weighted by atomic mass is 10.1. The van der Waals surface area contributed by atoms with Crippen molar-refractivity contribution >= 4 is 28.8 Å². The Morgan fingerprint density at radius 3 is 2.65 bits per heavy atom. The fourth-order valence-corrected chi connectivity index (χ4v) is 2.05. The van der Waals surface area contributed by atoms with E-state index in [4.69, 9.17) is 34.3 Å². The van der Waals surface area contributed by atoms with Gasteiger partial charge in [-0.2, -0.15) is 0 Å². The van der Waals surface area contributed by atoms with Gasteiger partial charge in [0.05, 0.1) is 0 Å². The quantitative estimate of drug-likeness (QED) is 0.867. The van der Waals surface area contributed by atoms with Crippen LogP contribution in [0.4, 0.5) is 4.39 Å². The van der Waals surface area contributed by atoms with E-state index in [1.54, 1.807) is 31.2 Å². The number of ether oxygens (including phenoxy) is 1. The highest BCUT2D eigenvalue weighted by atomic mass is 35.5. The zero-order valence-electron chi connectivity index (χ0n) is 10.8. The van der Waals surface area contributed by atoms with Crippen molar-refractivity contribution in [2.45, 2.75) is 13.5 Å². The fourth-order valence-electron chi connectivity index (χ4n) is 1.69. The van der Waals surface area contributed by atoms with Crippen molar-refractivity contribution < 1.29 is 9.13 Å². The molecule has 0 aliphatic carbocycles. The molecule has 2 rings (SSSR count). The van der Waals surface area contributed by atoms with Crippen molar-refractivity contribution in [1.82, 2.24) is 0 Å². The molecule has 104 valence electrons. The van der Waals surface area contributed by atoms with Crippen LogP contribution in [0.2, 0.25) is 5.02 Å². The first-order chi connectivity index (χ1) is 9.47. The van der Waals surface area contributed by atoms with Crippen molar-refractivity contribution in [3.05, 3.63) is 63.9 Å². The molecule has 0 bridgehead atoms. The summed E-state index contributed by atoms with van der Waals surface area (Å²) in [4.78, 5) is 0.300. The van der Waals surface area contributed by atoms with Crippen LogP contribution in [0.3, 0.4) is 0 Å². The number of halogens is 2. The fraction of sp³-hybridized carbons (Fsp3) is 0.133. The second-order valence-corrected chi connectivity index (χ2v) is 5.22. The molecule has 0 unspecified atom stereocenters. The Balaban J connectivity index is 2.10. The van der Waals surface area contributed by atoms with Gasteiger partial charge in [-0.05, 0) is 36.8 Å². The van der Waals surface area contributed by atoms with Crippen molar-refractivity contribution in [2.75, 3.05) is 0 Å². The van der Waals surface area contributed by atoms with E-state index in [0.717, 1.165) is 5.56 Å². The van der Waals surface area contributed by atoms with Crippen LogP contribution in [-0.4, -0.2) is 4.99 Å². The van der Waals surface area contributed by atoms with Crippen molar-refractivity contribution in [1.29, 1.82) is 0 Å². The summed E-state index contributed by atoms with van der Waals surface area (Å²) in [7, 11) is 0. The first-order valence-electron chi connectivity index (χ1n) is 5.94. The molecule has 0 atom stereocenters. The first-order valence-corrected chi connectivity index (χ1v) is 6.73. The monoisotopic (exact) mass is 309 g/mol. The standard InChI is InChI=1S/C15H13ClFNOS/c1-9-6-12(4-5-14(9)17)19-8-11-3-2-10(15(18)20)7-13(11)16/h2-7H,8H2,1H3,(H2,18,20). The maximum absolute atomic E-state index is 13.1. The highest BCUT2D eigenvalue weighted by Gasteiger charge is 2.06. The van der Waals surface area contributed by atoms with Crippen LogP contribution in [0.25, 0.3) is 0 Å². The van der Waals surface area contributed by atoms with Gasteiger partial charge in [0.1, 0.15) is 23.2 Å². The minimum atomic E-state index is -0.254. The molecular formula is C15H13ClFNOS. The topological polar surface area (TPSA) is 35.2 Å². The van der Waals surface area contributed by atoms with E-state index in [0.29, 0.717) is 33.5 Å². The number of hydrogen-bond donors (Lipinski definition) is 1. The second-order valence-electron chi connectivity index (χ2n) is 4.37. The summed E-state index contributed by atoms with van der Waals surface area (Å²) in [6.07, 6.45) is 0. The molecule has 0 amide bonds. The normalized spacial score (nSPS) is 10.3. The minimum Gasteiger partial charge on any atom is -0.489 e. The molecule has 0 aliphatic heterocycles. The van der Waals surface area contributed by atoms with E-state index in [1.807, 2.05) is 6.07 Å². The van der Waals surface area contributed by atoms with Gasteiger partial charge in [-0.3, -0.25) is 0 Å². The number of nitrogens with two attached hydrogens (primary N) is 1. The zero-order chi connectivity index (χ0) is 14.7. The van der Waals surface area contributed by atoms with E-state index in [-0.39, 0.29) is 5.82 Å². The van der Waals surface area contributed by atoms with Gasteiger partial charge in [-0.15, -0.1) is 0 Å². The molecule has 0 saturated carbocycles. The average molecular weight is 310 g/mol. The summed E-state index contributed by atoms with van der Waals surface area (Å²) in [6, 6.07) is 9.92. The van der Waals surface area contributed by atoms with Gasteiger partial charge in [0.25, 0.3) is 0 Å². The highest BCUT2D eigenvalue weighted by molar-refractivity contribution is 7.80. The lowest BCUT2D eigenvalue weighted by molar-refractivity contribution is 0.305. The molecule has 0 radical (unpaired) electrons. The molecule has 0 saturated heterocycles. The number of rotatable bonds is 4. The smallest absolute Gasteiger partial charge is 0.126 e. The molecule has 2 nitrogen and oxygen atoms in total. The van der Waals surface area contributed by atoms with Gasteiger partial charge < -0.3 is 10.5 Å². The molecule has 0 aromatic heterocycles.